The Kier molecular flexibility index (Phi) is 9.24. The first-order valence-corrected chi connectivity index (χ1v) is 14.5. The fraction of sp³-hybridized carbons (Fsp3) is 0.323. The molecule has 0 saturated heterocycles. The first-order valence-electron chi connectivity index (χ1n) is 14.5. The second-order valence-electron chi connectivity index (χ2n) is 10.5. The largest absolute Gasteiger partial charge is 0.503 e. The molecule has 0 radical (unpaired) electrons. The van der Waals surface area contributed by atoms with Gasteiger partial charge in [0.1, 0.15) is 5.75 Å². The van der Waals surface area contributed by atoms with Crippen molar-refractivity contribution < 1.29 is 19.7 Å². The highest BCUT2D eigenvalue weighted by molar-refractivity contribution is 5.98. The fourth-order valence-electron chi connectivity index (χ4n) is 4.76. The van der Waals surface area contributed by atoms with E-state index in [9.17, 15) is 14.7 Å². The number of aliphatic hydroxyl groups excluding tert-OH is 1. The summed E-state index contributed by atoms with van der Waals surface area (Å²) >= 11 is 0. The number of methoxy groups -OCH3 is 1. The molecule has 230 valence electrons. The van der Waals surface area contributed by atoms with Crippen LogP contribution >= 0.6 is 0 Å². The van der Waals surface area contributed by atoms with Crippen LogP contribution < -0.4 is 26.1 Å². The third-order valence-corrected chi connectivity index (χ3v) is 7.14. The molecule has 3 heterocycles. The van der Waals surface area contributed by atoms with Crippen molar-refractivity contribution in [2.45, 2.75) is 32.7 Å². The molecule has 0 bridgehead atoms. The number of amides is 1. The lowest BCUT2D eigenvalue weighted by atomic mass is 10.1. The molecule has 0 saturated carbocycles. The van der Waals surface area contributed by atoms with Crippen LogP contribution in [0.15, 0.2) is 53.6 Å². The molecule has 0 aliphatic heterocycles. The molecule has 0 aliphatic carbocycles. The molecule has 2 aromatic carbocycles. The third-order valence-electron chi connectivity index (χ3n) is 7.14. The summed E-state index contributed by atoms with van der Waals surface area (Å²) < 4.78 is 7.15. The Morgan fingerprint density at radius 2 is 1.82 bits per heavy atom. The number of aromatic nitrogens is 5. The van der Waals surface area contributed by atoms with Crippen LogP contribution in [0.5, 0.6) is 11.5 Å². The van der Waals surface area contributed by atoms with Gasteiger partial charge in [-0.3, -0.25) is 9.59 Å². The predicted molar refractivity (Wildman–Crippen MR) is 170 cm³/mol. The fourth-order valence-corrected chi connectivity index (χ4v) is 4.76. The van der Waals surface area contributed by atoms with Crippen LogP contribution in [-0.4, -0.2) is 74.0 Å². The molecular weight excluding hydrogens is 564 g/mol. The predicted octanol–water partition coefficient (Wildman–Crippen LogP) is 3.66. The summed E-state index contributed by atoms with van der Waals surface area (Å²) in [5, 5.41) is 29.3. The van der Waals surface area contributed by atoms with E-state index in [1.165, 1.54) is 6.07 Å². The van der Waals surface area contributed by atoms with Gasteiger partial charge in [0.2, 0.25) is 11.4 Å². The average molecular weight is 601 g/mol. The SMILES string of the molecule is COc1ccc(-c2[nH]c3cc(C(=O)NCCCNc4nc(NCCCO)c5ncn(C(C)C)c5n4)ccc3c(=O)c2O)cc1. The number of imidazole rings is 1. The minimum atomic E-state index is -0.522. The van der Waals surface area contributed by atoms with Crippen molar-refractivity contribution in [3.63, 3.8) is 0 Å². The molecule has 13 heteroatoms. The second-order valence-corrected chi connectivity index (χ2v) is 10.5. The number of fused-ring (bicyclic) bond motifs is 2. The van der Waals surface area contributed by atoms with Crippen molar-refractivity contribution in [1.82, 2.24) is 29.8 Å². The van der Waals surface area contributed by atoms with Crippen molar-refractivity contribution in [3.05, 3.63) is 64.6 Å². The zero-order valence-electron chi connectivity index (χ0n) is 24.8. The van der Waals surface area contributed by atoms with Gasteiger partial charge in [-0.2, -0.15) is 9.97 Å². The van der Waals surface area contributed by atoms with E-state index in [0.717, 1.165) is 0 Å². The van der Waals surface area contributed by atoms with E-state index < -0.39 is 11.2 Å². The molecule has 0 fully saturated rings. The van der Waals surface area contributed by atoms with Crippen molar-refractivity contribution in [1.29, 1.82) is 0 Å². The smallest absolute Gasteiger partial charge is 0.251 e. The Morgan fingerprint density at radius 3 is 2.55 bits per heavy atom. The molecule has 5 aromatic rings. The average Bonchev–Trinajstić information content (AvgIpc) is 3.47. The van der Waals surface area contributed by atoms with Gasteiger partial charge in [0.05, 0.1) is 24.6 Å². The number of aromatic amines is 1. The number of anilines is 2. The van der Waals surface area contributed by atoms with Crippen LogP contribution in [0.4, 0.5) is 11.8 Å². The molecule has 1 amide bonds. The standard InChI is InChI=1S/C31H36N8O5/c1-18(2)39-17-35-25-28(32-14-5-15-40)37-31(38-29(25)39)34-13-4-12-33-30(43)20-8-11-22-23(16-20)36-24(27(42)26(22)41)19-6-9-21(44-3)10-7-19/h6-11,16-18,40,42H,4-5,12-15H2,1-3H3,(H,33,43)(H,36,41)(H2,32,34,37,38). The van der Waals surface area contributed by atoms with E-state index in [4.69, 9.17) is 9.84 Å². The summed E-state index contributed by atoms with van der Waals surface area (Å²) in [5.74, 6) is 0.996. The highest BCUT2D eigenvalue weighted by atomic mass is 16.5. The summed E-state index contributed by atoms with van der Waals surface area (Å²) in [7, 11) is 1.56. The second kappa shape index (κ2) is 13.4. The number of nitrogens with zero attached hydrogens (tertiary/aromatic N) is 4. The van der Waals surface area contributed by atoms with Gasteiger partial charge in [-0.25, -0.2) is 4.98 Å². The maximum atomic E-state index is 12.9. The molecule has 44 heavy (non-hydrogen) atoms. The molecule has 0 spiro atoms. The number of H-pyrrole nitrogens is 1. The number of hydrogen-bond acceptors (Lipinski definition) is 10. The molecule has 13 nitrogen and oxygen atoms in total. The van der Waals surface area contributed by atoms with E-state index >= 15 is 0 Å². The van der Waals surface area contributed by atoms with Crippen LogP contribution in [0.3, 0.4) is 0 Å². The topological polar surface area (TPSA) is 179 Å². The van der Waals surface area contributed by atoms with Crippen molar-refractivity contribution in [3.8, 4) is 22.8 Å². The summed E-state index contributed by atoms with van der Waals surface area (Å²) in [6.07, 6.45) is 2.92. The first kappa shape index (κ1) is 30.3. The van der Waals surface area contributed by atoms with E-state index in [1.54, 1.807) is 49.8 Å². The lowest BCUT2D eigenvalue weighted by Gasteiger charge is -2.12. The van der Waals surface area contributed by atoms with Crippen LogP contribution in [0.25, 0.3) is 33.3 Å². The van der Waals surface area contributed by atoms with E-state index in [0.29, 0.717) is 77.8 Å². The van der Waals surface area contributed by atoms with Crippen molar-refractivity contribution >= 4 is 39.7 Å². The lowest BCUT2D eigenvalue weighted by molar-refractivity contribution is 0.0953. The lowest BCUT2D eigenvalue weighted by Crippen LogP contribution is -2.26. The number of rotatable bonds is 13. The summed E-state index contributed by atoms with van der Waals surface area (Å²) in [6.45, 7) is 5.62. The zero-order valence-corrected chi connectivity index (χ0v) is 24.8. The van der Waals surface area contributed by atoms with Crippen LogP contribution in [0, 0.1) is 0 Å². The van der Waals surface area contributed by atoms with E-state index in [-0.39, 0.29) is 29.6 Å². The molecule has 0 unspecified atom stereocenters. The van der Waals surface area contributed by atoms with Crippen LogP contribution in [0.2, 0.25) is 0 Å². The minimum absolute atomic E-state index is 0.0734. The number of ether oxygens (including phenoxy) is 1. The zero-order chi connectivity index (χ0) is 31.2. The van der Waals surface area contributed by atoms with Gasteiger partial charge in [-0.05, 0) is 69.2 Å². The van der Waals surface area contributed by atoms with Gasteiger partial charge in [0, 0.05) is 48.8 Å². The monoisotopic (exact) mass is 600 g/mol. The molecule has 5 rings (SSSR count). The van der Waals surface area contributed by atoms with Gasteiger partial charge in [0.15, 0.2) is 22.7 Å². The maximum absolute atomic E-state index is 12.9. The number of nitrogens with one attached hydrogen (secondary N) is 4. The number of aromatic hydroxyl groups is 1. The van der Waals surface area contributed by atoms with E-state index in [1.807, 2.05) is 4.57 Å². The maximum Gasteiger partial charge on any atom is 0.251 e. The number of carbonyl (C=O) groups excluding carboxylic acids is 1. The molecule has 0 atom stereocenters. The third kappa shape index (κ3) is 6.42. The Bertz CT molecular complexity index is 1830. The summed E-state index contributed by atoms with van der Waals surface area (Å²) in [5.41, 5.74) is 2.53. The number of pyridine rings is 1. The number of carbonyl (C=O) groups is 1. The van der Waals surface area contributed by atoms with Crippen molar-refractivity contribution in [2.75, 3.05) is 44.0 Å². The number of benzene rings is 2. The van der Waals surface area contributed by atoms with Gasteiger partial charge < -0.3 is 40.5 Å². The van der Waals surface area contributed by atoms with Gasteiger partial charge >= 0.3 is 0 Å². The number of hydrogen-bond donors (Lipinski definition) is 6. The molecule has 6 N–H and O–H groups in total. The van der Waals surface area contributed by atoms with Crippen LogP contribution in [0.1, 0.15) is 43.1 Å². The Labute approximate surface area is 253 Å². The number of aliphatic hydroxyl groups is 1. The van der Waals surface area contributed by atoms with Crippen molar-refractivity contribution in [2.24, 2.45) is 0 Å². The Hall–Kier alpha value is -5.17. The normalized spacial score (nSPS) is 11.3. The van der Waals surface area contributed by atoms with Gasteiger partial charge in [-0.15, -0.1) is 0 Å². The quantitative estimate of drug-likeness (QED) is 0.109. The molecule has 0 aliphatic rings. The van der Waals surface area contributed by atoms with Gasteiger partial charge in [0.25, 0.3) is 5.91 Å². The Balaban J connectivity index is 1.23. The van der Waals surface area contributed by atoms with Gasteiger partial charge in [-0.1, -0.05) is 0 Å². The first-order chi connectivity index (χ1) is 21.3. The van der Waals surface area contributed by atoms with E-state index in [2.05, 4.69) is 49.7 Å². The summed E-state index contributed by atoms with van der Waals surface area (Å²) in [4.78, 5) is 42.6. The molecule has 3 aromatic heterocycles. The minimum Gasteiger partial charge on any atom is -0.503 e. The van der Waals surface area contributed by atoms with Crippen LogP contribution in [-0.2, 0) is 0 Å². The molecular formula is C31H36N8O5. The highest BCUT2D eigenvalue weighted by Crippen LogP contribution is 2.28. The Morgan fingerprint density at radius 1 is 1.05 bits per heavy atom. The highest BCUT2D eigenvalue weighted by Gasteiger charge is 2.16. The summed E-state index contributed by atoms with van der Waals surface area (Å²) in [6, 6.07) is 11.8.